The van der Waals surface area contributed by atoms with E-state index in [2.05, 4.69) is 19.2 Å². The molecule has 0 bridgehead atoms. The molecule has 2 rings (SSSR count). The minimum atomic E-state index is -0.398. The van der Waals surface area contributed by atoms with Gasteiger partial charge in [0.05, 0.1) is 0 Å². The molecule has 0 spiro atoms. The van der Waals surface area contributed by atoms with Crippen molar-refractivity contribution in [1.29, 1.82) is 0 Å². The van der Waals surface area contributed by atoms with Crippen LogP contribution in [0.4, 0.5) is 4.79 Å². The van der Waals surface area contributed by atoms with Crippen LogP contribution in [0.3, 0.4) is 0 Å². The van der Waals surface area contributed by atoms with Gasteiger partial charge in [0.25, 0.3) is 0 Å². The van der Waals surface area contributed by atoms with Gasteiger partial charge in [0.15, 0.2) is 0 Å². The molecule has 1 aliphatic heterocycles. The average Bonchev–Trinajstić information content (AvgIpc) is 2.75. The molecule has 1 N–H and O–H groups in total. The SMILES string of the molecule is CC1CCC(NCC2CCN(C(=O)OC(C)(C)C)CC2)C1C. The van der Waals surface area contributed by atoms with Crippen LogP contribution in [0.2, 0.25) is 0 Å². The molecule has 4 heteroatoms. The van der Waals surface area contributed by atoms with Crippen LogP contribution in [0.1, 0.15) is 60.3 Å². The third-order valence-corrected chi connectivity index (χ3v) is 5.40. The summed E-state index contributed by atoms with van der Waals surface area (Å²) in [4.78, 5) is 13.9. The normalized spacial score (nSPS) is 30.6. The number of carbonyl (C=O) groups excluding carboxylic acids is 1. The molecule has 1 heterocycles. The van der Waals surface area contributed by atoms with Gasteiger partial charge < -0.3 is 15.0 Å². The number of ether oxygens (including phenoxy) is 1. The molecule has 0 aromatic carbocycles. The summed E-state index contributed by atoms with van der Waals surface area (Å²) in [5.74, 6) is 2.34. The fraction of sp³-hybridized carbons (Fsp3) is 0.944. The van der Waals surface area contributed by atoms with Crippen LogP contribution in [0.15, 0.2) is 0 Å². The first kappa shape index (κ1) is 17.6. The molecule has 1 aliphatic carbocycles. The molecule has 0 aromatic heterocycles. The van der Waals surface area contributed by atoms with E-state index >= 15 is 0 Å². The first-order valence-corrected chi connectivity index (χ1v) is 8.97. The minimum Gasteiger partial charge on any atom is -0.444 e. The lowest BCUT2D eigenvalue weighted by atomic mass is 9.94. The molecule has 1 saturated carbocycles. The van der Waals surface area contributed by atoms with Gasteiger partial charge in [-0.15, -0.1) is 0 Å². The molecule has 3 atom stereocenters. The zero-order valence-electron chi connectivity index (χ0n) is 15.0. The smallest absolute Gasteiger partial charge is 0.410 e. The summed E-state index contributed by atoms with van der Waals surface area (Å²) in [6.45, 7) is 13.3. The summed E-state index contributed by atoms with van der Waals surface area (Å²) >= 11 is 0. The minimum absolute atomic E-state index is 0.155. The van der Waals surface area contributed by atoms with Crippen molar-refractivity contribution in [3.8, 4) is 0 Å². The van der Waals surface area contributed by atoms with Gasteiger partial charge in [0.2, 0.25) is 0 Å². The highest BCUT2D eigenvalue weighted by molar-refractivity contribution is 5.68. The van der Waals surface area contributed by atoms with Crippen molar-refractivity contribution < 1.29 is 9.53 Å². The topological polar surface area (TPSA) is 41.6 Å². The molecular formula is C18H34N2O2. The van der Waals surface area contributed by atoms with E-state index < -0.39 is 5.60 Å². The van der Waals surface area contributed by atoms with Crippen molar-refractivity contribution in [1.82, 2.24) is 10.2 Å². The Bertz CT molecular complexity index is 370. The summed E-state index contributed by atoms with van der Waals surface area (Å²) in [5, 5.41) is 3.78. The van der Waals surface area contributed by atoms with Crippen LogP contribution in [0, 0.1) is 17.8 Å². The van der Waals surface area contributed by atoms with Gasteiger partial charge in [0, 0.05) is 19.1 Å². The number of rotatable bonds is 3. The number of nitrogens with one attached hydrogen (secondary N) is 1. The van der Waals surface area contributed by atoms with Gasteiger partial charge in [-0.3, -0.25) is 0 Å². The Hall–Kier alpha value is -0.770. The number of hydrogen-bond acceptors (Lipinski definition) is 3. The summed E-state index contributed by atoms with van der Waals surface area (Å²) in [6.07, 6.45) is 4.69. The third-order valence-electron chi connectivity index (χ3n) is 5.40. The van der Waals surface area contributed by atoms with Crippen molar-refractivity contribution in [3.63, 3.8) is 0 Å². The second-order valence-electron chi connectivity index (χ2n) is 8.34. The van der Waals surface area contributed by atoms with Crippen LogP contribution in [0.5, 0.6) is 0 Å². The molecule has 3 unspecified atom stereocenters. The lowest BCUT2D eigenvalue weighted by molar-refractivity contribution is 0.0183. The van der Waals surface area contributed by atoms with Crippen molar-refractivity contribution in [2.24, 2.45) is 17.8 Å². The number of amides is 1. The van der Waals surface area contributed by atoms with E-state index in [-0.39, 0.29) is 6.09 Å². The molecule has 1 amide bonds. The predicted octanol–water partition coefficient (Wildman–Crippen LogP) is 3.66. The van der Waals surface area contributed by atoms with E-state index in [9.17, 15) is 4.79 Å². The highest BCUT2D eigenvalue weighted by atomic mass is 16.6. The van der Waals surface area contributed by atoms with Gasteiger partial charge in [-0.1, -0.05) is 13.8 Å². The fourth-order valence-electron chi connectivity index (χ4n) is 3.62. The number of carbonyl (C=O) groups is 1. The summed E-state index contributed by atoms with van der Waals surface area (Å²) < 4.78 is 5.45. The van der Waals surface area contributed by atoms with Crippen molar-refractivity contribution >= 4 is 6.09 Å². The molecule has 128 valence electrons. The Balaban J connectivity index is 1.68. The van der Waals surface area contributed by atoms with Gasteiger partial charge in [-0.25, -0.2) is 4.79 Å². The van der Waals surface area contributed by atoms with Gasteiger partial charge in [-0.2, -0.15) is 0 Å². The zero-order chi connectivity index (χ0) is 16.3. The first-order valence-electron chi connectivity index (χ1n) is 8.97. The molecule has 2 aliphatic rings. The molecule has 4 nitrogen and oxygen atoms in total. The van der Waals surface area contributed by atoms with Crippen LogP contribution in [-0.2, 0) is 4.74 Å². The highest BCUT2D eigenvalue weighted by Crippen LogP contribution is 2.31. The number of likely N-dealkylation sites (tertiary alicyclic amines) is 1. The van der Waals surface area contributed by atoms with E-state index in [1.165, 1.54) is 12.8 Å². The van der Waals surface area contributed by atoms with Gasteiger partial charge in [-0.05, 0) is 70.8 Å². The second kappa shape index (κ2) is 7.20. The Morgan fingerprint density at radius 2 is 1.77 bits per heavy atom. The molecule has 2 fully saturated rings. The Morgan fingerprint density at radius 1 is 1.14 bits per heavy atom. The molecular weight excluding hydrogens is 276 g/mol. The Kier molecular flexibility index (Phi) is 5.76. The number of nitrogens with zero attached hydrogens (tertiary/aromatic N) is 1. The first-order chi connectivity index (χ1) is 10.3. The summed E-state index contributed by atoms with van der Waals surface area (Å²) in [7, 11) is 0. The van der Waals surface area contributed by atoms with E-state index in [0.29, 0.717) is 12.0 Å². The molecule has 1 saturated heterocycles. The fourth-order valence-corrected chi connectivity index (χ4v) is 3.62. The predicted molar refractivity (Wildman–Crippen MR) is 89.9 cm³/mol. The van der Waals surface area contributed by atoms with Crippen molar-refractivity contribution in [2.45, 2.75) is 71.9 Å². The van der Waals surface area contributed by atoms with E-state index in [4.69, 9.17) is 4.74 Å². The third kappa shape index (κ3) is 4.87. The Morgan fingerprint density at radius 3 is 2.27 bits per heavy atom. The van der Waals surface area contributed by atoms with E-state index in [1.807, 2.05) is 25.7 Å². The highest BCUT2D eigenvalue weighted by Gasteiger charge is 2.31. The zero-order valence-corrected chi connectivity index (χ0v) is 15.0. The lowest BCUT2D eigenvalue weighted by Gasteiger charge is -2.34. The van der Waals surface area contributed by atoms with Crippen LogP contribution < -0.4 is 5.32 Å². The van der Waals surface area contributed by atoms with E-state index in [0.717, 1.165) is 44.3 Å². The van der Waals surface area contributed by atoms with Crippen molar-refractivity contribution in [2.75, 3.05) is 19.6 Å². The summed E-state index contributed by atoms with van der Waals surface area (Å²) in [5.41, 5.74) is -0.398. The maximum atomic E-state index is 12.1. The van der Waals surface area contributed by atoms with Crippen LogP contribution >= 0.6 is 0 Å². The second-order valence-corrected chi connectivity index (χ2v) is 8.34. The lowest BCUT2D eigenvalue weighted by Crippen LogP contribution is -2.44. The average molecular weight is 310 g/mol. The quantitative estimate of drug-likeness (QED) is 0.865. The number of piperidine rings is 1. The van der Waals surface area contributed by atoms with Crippen LogP contribution in [0.25, 0.3) is 0 Å². The maximum absolute atomic E-state index is 12.1. The molecule has 22 heavy (non-hydrogen) atoms. The monoisotopic (exact) mass is 310 g/mol. The number of hydrogen-bond donors (Lipinski definition) is 1. The standard InChI is InChI=1S/C18H34N2O2/c1-13-6-7-16(14(13)2)19-12-15-8-10-20(11-9-15)17(21)22-18(3,4)5/h13-16,19H,6-12H2,1-5H3. The van der Waals surface area contributed by atoms with Crippen LogP contribution in [-0.4, -0.2) is 42.3 Å². The van der Waals surface area contributed by atoms with Gasteiger partial charge in [0.1, 0.15) is 5.60 Å². The summed E-state index contributed by atoms with van der Waals surface area (Å²) in [6, 6.07) is 0.693. The molecule has 0 radical (unpaired) electrons. The van der Waals surface area contributed by atoms with E-state index in [1.54, 1.807) is 0 Å². The molecule has 0 aromatic rings. The van der Waals surface area contributed by atoms with Crippen molar-refractivity contribution in [3.05, 3.63) is 0 Å². The Labute approximate surface area is 136 Å². The van der Waals surface area contributed by atoms with Gasteiger partial charge >= 0.3 is 6.09 Å². The maximum Gasteiger partial charge on any atom is 0.410 e. The largest absolute Gasteiger partial charge is 0.444 e.